The van der Waals surface area contributed by atoms with E-state index in [2.05, 4.69) is 12.0 Å². The third-order valence-corrected chi connectivity index (χ3v) is 4.95. The molecule has 3 aromatic rings. The Morgan fingerprint density at radius 2 is 1.68 bits per heavy atom. The topological polar surface area (TPSA) is 35.5 Å². The molecule has 0 saturated heterocycles. The summed E-state index contributed by atoms with van der Waals surface area (Å²) >= 11 is 1.65. The van der Waals surface area contributed by atoms with Crippen LogP contribution in [0.15, 0.2) is 60.0 Å². The second-order valence-corrected chi connectivity index (χ2v) is 6.37. The van der Waals surface area contributed by atoms with Crippen molar-refractivity contribution in [3.8, 4) is 21.9 Å². The SMILES string of the molecule is COc1cccc(OC)c1CC(=C=O)c1ccccc1-c1cccs1. The average Bonchev–Trinajstić information content (AvgIpc) is 3.20. The Morgan fingerprint density at radius 1 is 0.960 bits per heavy atom. The Balaban J connectivity index is 2.06. The predicted molar refractivity (Wildman–Crippen MR) is 102 cm³/mol. The second-order valence-electron chi connectivity index (χ2n) is 5.42. The van der Waals surface area contributed by atoms with E-state index in [1.54, 1.807) is 25.6 Å². The molecule has 3 rings (SSSR count). The van der Waals surface area contributed by atoms with Gasteiger partial charge in [-0.05, 0) is 34.7 Å². The van der Waals surface area contributed by atoms with Crippen LogP contribution in [-0.2, 0) is 11.2 Å². The first-order chi connectivity index (χ1) is 12.3. The van der Waals surface area contributed by atoms with Crippen LogP contribution in [-0.4, -0.2) is 20.2 Å². The lowest BCUT2D eigenvalue weighted by molar-refractivity contribution is 0.387. The number of thiophene rings is 1. The van der Waals surface area contributed by atoms with Crippen molar-refractivity contribution >= 4 is 22.9 Å². The molecule has 0 N–H and O–H groups in total. The molecule has 126 valence electrons. The summed E-state index contributed by atoms with van der Waals surface area (Å²) in [4.78, 5) is 12.9. The highest BCUT2D eigenvalue weighted by Crippen LogP contribution is 2.36. The lowest BCUT2D eigenvalue weighted by Gasteiger charge is -2.15. The van der Waals surface area contributed by atoms with Crippen molar-refractivity contribution in [2.24, 2.45) is 0 Å². The maximum Gasteiger partial charge on any atom is 0.128 e. The fourth-order valence-corrected chi connectivity index (χ4v) is 3.62. The highest BCUT2D eigenvalue weighted by atomic mass is 32.1. The van der Waals surface area contributed by atoms with Crippen molar-refractivity contribution in [2.45, 2.75) is 6.42 Å². The lowest BCUT2D eigenvalue weighted by Crippen LogP contribution is -2.00. The Morgan fingerprint density at radius 3 is 2.28 bits per heavy atom. The van der Waals surface area contributed by atoms with E-state index in [1.807, 2.05) is 53.9 Å². The third-order valence-electron chi connectivity index (χ3n) is 4.05. The summed E-state index contributed by atoms with van der Waals surface area (Å²) in [5.41, 5.74) is 3.33. The zero-order valence-corrected chi connectivity index (χ0v) is 14.9. The molecule has 0 aliphatic rings. The van der Waals surface area contributed by atoms with E-state index < -0.39 is 0 Å². The zero-order valence-electron chi connectivity index (χ0n) is 14.1. The van der Waals surface area contributed by atoms with Crippen LogP contribution in [0.1, 0.15) is 11.1 Å². The second kappa shape index (κ2) is 7.84. The van der Waals surface area contributed by atoms with E-state index in [0.29, 0.717) is 23.5 Å². The molecule has 0 unspecified atom stereocenters. The minimum absolute atomic E-state index is 0.388. The number of rotatable bonds is 6. The number of methoxy groups -OCH3 is 2. The monoisotopic (exact) mass is 350 g/mol. The van der Waals surface area contributed by atoms with E-state index in [-0.39, 0.29) is 0 Å². The van der Waals surface area contributed by atoms with Crippen molar-refractivity contribution in [3.63, 3.8) is 0 Å². The van der Waals surface area contributed by atoms with E-state index in [1.165, 1.54) is 0 Å². The summed E-state index contributed by atoms with van der Waals surface area (Å²) in [5.74, 6) is 3.52. The standard InChI is InChI=1S/C21H18O3S/c1-23-19-9-5-10-20(24-2)18(19)13-15(14-22)16-7-3-4-8-17(16)21-11-6-12-25-21/h3-12H,13H2,1-2H3. The molecule has 3 nitrogen and oxygen atoms in total. The van der Waals surface area contributed by atoms with Crippen LogP contribution in [0.3, 0.4) is 0 Å². The summed E-state index contributed by atoms with van der Waals surface area (Å²) in [6.45, 7) is 0. The summed E-state index contributed by atoms with van der Waals surface area (Å²) < 4.78 is 10.9. The normalized spacial score (nSPS) is 10.2. The molecule has 0 aliphatic heterocycles. The van der Waals surface area contributed by atoms with E-state index in [0.717, 1.165) is 21.6 Å². The van der Waals surface area contributed by atoms with Gasteiger partial charge in [-0.3, -0.25) is 0 Å². The summed E-state index contributed by atoms with van der Waals surface area (Å²) in [7, 11) is 3.23. The van der Waals surface area contributed by atoms with Crippen LogP contribution in [0.25, 0.3) is 16.0 Å². The minimum atomic E-state index is 0.388. The lowest BCUT2D eigenvalue weighted by atomic mass is 9.94. The Kier molecular flexibility index (Phi) is 5.34. The van der Waals surface area contributed by atoms with Crippen molar-refractivity contribution in [1.29, 1.82) is 0 Å². The molecule has 4 heteroatoms. The van der Waals surface area contributed by atoms with E-state index in [9.17, 15) is 4.79 Å². The Hall–Kier alpha value is -2.81. The molecule has 0 aliphatic carbocycles. The quantitative estimate of drug-likeness (QED) is 0.594. The Bertz CT molecular complexity index is 884. The zero-order chi connectivity index (χ0) is 17.6. The maximum absolute atomic E-state index is 11.8. The van der Waals surface area contributed by atoms with Gasteiger partial charge in [0.05, 0.1) is 14.2 Å². The molecule has 0 atom stereocenters. The van der Waals surface area contributed by atoms with Gasteiger partial charge in [0, 0.05) is 22.4 Å². The number of hydrogen-bond donors (Lipinski definition) is 0. The minimum Gasteiger partial charge on any atom is -0.496 e. The van der Waals surface area contributed by atoms with Crippen LogP contribution in [0.2, 0.25) is 0 Å². The van der Waals surface area contributed by atoms with Gasteiger partial charge in [-0.1, -0.05) is 36.4 Å². The molecule has 0 radical (unpaired) electrons. The van der Waals surface area contributed by atoms with Gasteiger partial charge in [0.1, 0.15) is 17.4 Å². The van der Waals surface area contributed by atoms with Gasteiger partial charge < -0.3 is 9.47 Å². The van der Waals surface area contributed by atoms with Crippen LogP contribution in [0.5, 0.6) is 11.5 Å². The van der Waals surface area contributed by atoms with Crippen LogP contribution in [0.4, 0.5) is 0 Å². The molecule has 0 bridgehead atoms. The molecule has 0 saturated carbocycles. The van der Waals surface area contributed by atoms with Crippen molar-refractivity contribution in [3.05, 3.63) is 71.1 Å². The average molecular weight is 350 g/mol. The summed E-state index contributed by atoms with van der Waals surface area (Å²) in [6, 6.07) is 17.5. The smallest absolute Gasteiger partial charge is 0.128 e. The van der Waals surface area contributed by atoms with Gasteiger partial charge in [-0.2, -0.15) is 0 Å². The fourth-order valence-electron chi connectivity index (χ4n) is 2.86. The number of allylic oxidation sites excluding steroid dienone is 1. The fraction of sp³-hybridized carbons (Fsp3) is 0.143. The Labute approximate surface area is 151 Å². The van der Waals surface area contributed by atoms with Gasteiger partial charge in [-0.15, -0.1) is 11.3 Å². The van der Waals surface area contributed by atoms with Gasteiger partial charge in [0.15, 0.2) is 0 Å². The molecule has 2 aromatic carbocycles. The summed E-state index contributed by atoms with van der Waals surface area (Å²) in [5, 5.41) is 2.03. The van der Waals surface area contributed by atoms with E-state index in [4.69, 9.17) is 9.47 Å². The van der Waals surface area contributed by atoms with Gasteiger partial charge in [0.2, 0.25) is 0 Å². The number of ether oxygens (including phenoxy) is 2. The molecule has 0 amide bonds. The maximum atomic E-state index is 11.8. The third kappa shape index (κ3) is 3.50. The van der Waals surface area contributed by atoms with Crippen LogP contribution >= 0.6 is 11.3 Å². The van der Waals surface area contributed by atoms with E-state index >= 15 is 0 Å². The predicted octanol–water partition coefficient (Wildman–Crippen LogP) is 4.89. The highest BCUT2D eigenvalue weighted by Gasteiger charge is 2.17. The first kappa shape index (κ1) is 17.0. The largest absolute Gasteiger partial charge is 0.496 e. The first-order valence-electron chi connectivity index (χ1n) is 7.85. The van der Waals surface area contributed by atoms with Crippen molar-refractivity contribution < 1.29 is 14.3 Å². The van der Waals surface area contributed by atoms with Crippen molar-refractivity contribution in [2.75, 3.05) is 14.2 Å². The molecule has 1 aromatic heterocycles. The molecule has 25 heavy (non-hydrogen) atoms. The number of benzene rings is 2. The number of carbonyl (C=O) groups excluding carboxylic acids is 1. The molecule has 0 spiro atoms. The first-order valence-corrected chi connectivity index (χ1v) is 8.73. The highest BCUT2D eigenvalue weighted by molar-refractivity contribution is 7.13. The number of hydrogen-bond acceptors (Lipinski definition) is 4. The van der Waals surface area contributed by atoms with Crippen LogP contribution in [0, 0.1) is 0 Å². The molecular weight excluding hydrogens is 332 g/mol. The van der Waals surface area contributed by atoms with Crippen LogP contribution < -0.4 is 9.47 Å². The van der Waals surface area contributed by atoms with Gasteiger partial charge in [0.25, 0.3) is 0 Å². The summed E-state index contributed by atoms with van der Waals surface area (Å²) in [6.07, 6.45) is 0.388. The molecule has 0 fully saturated rings. The van der Waals surface area contributed by atoms with Crippen molar-refractivity contribution in [1.82, 2.24) is 0 Å². The van der Waals surface area contributed by atoms with Gasteiger partial charge >= 0.3 is 0 Å². The molecular formula is C21H18O3S. The molecule has 1 heterocycles. The van der Waals surface area contributed by atoms with Gasteiger partial charge in [-0.25, -0.2) is 4.79 Å².